The fourth-order valence-corrected chi connectivity index (χ4v) is 5.96. The average Bonchev–Trinajstić information content (AvgIpc) is 3.23. The third kappa shape index (κ3) is 4.99. The van der Waals surface area contributed by atoms with Crippen molar-refractivity contribution in [2.24, 2.45) is 5.92 Å². The van der Waals surface area contributed by atoms with Gasteiger partial charge in [-0.3, -0.25) is 4.79 Å². The van der Waals surface area contributed by atoms with Gasteiger partial charge in [0, 0.05) is 32.6 Å². The van der Waals surface area contributed by atoms with E-state index < -0.39 is 21.8 Å². The Labute approximate surface area is 171 Å². The van der Waals surface area contributed by atoms with Crippen LogP contribution in [0.5, 0.6) is 0 Å². The van der Waals surface area contributed by atoms with Crippen LogP contribution in [-0.2, 0) is 27.5 Å². The summed E-state index contributed by atoms with van der Waals surface area (Å²) in [6, 6.07) is 7.98. The van der Waals surface area contributed by atoms with E-state index in [9.17, 15) is 26.4 Å². The molecule has 3 rings (SSSR count). The Morgan fingerprint density at radius 1 is 1.17 bits per heavy atom. The van der Waals surface area contributed by atoms with Gasteiger partial charge in [0.2, 0.25) is 5.91 Å². The maximum absolute atomic E-state index is 12.7. The molecule has 5 nitrogen and oxygen atoms in total. The smallest absolute Gasteiger partial charge is 0.341 e. The first kappa shape index (κ1) is 21.8. The Balaban J connectivity index is 1.56. The van der Waals surface area contributed by atoms with Crippen molar-refractivity contribution in [3.63, 3.8) is 0 Å². The third-order valence-corrected chi connectivity index (χ3v) is 8.24. The van der Waals surface area contributed by atoms with E-state index in [-0.39, 0.29) is 31.5 Å². The number of benzene rings is 1. The Kier molecular flexibility index (Phi) is 6.35. The second-order valence-corrected chi connectivity index (χ2v) is 10.1. The van der Waals surface area contributed by atoms with Gasteiger partial charge >= 0.3 is 6.18 Å². The van der Waals surface area contributed by atoms with Crippen LogP contribution in [0, 0.1) is 5.92 Å². The lowest BCUT2D eigenvalue weighted by atomic mass is 9.96. The molecule has 1 amide bonds. The van der Waals surface area contributed by atoms with Crippen LogP contribution < -0.4 is 0 Å². The maximum Gasteiger partial charge on any atom is 0.416 e. The Bertz CT molecular complexity index is 934. The quantitative estimate of drug-likeness (QED) is 0.702. The van der Waals surface area contributed by atoms with Crippen molar-refractivity contribution in [3.8, 4) is 0 Å². The van der Waals surface area contributed by atoms with Crippen molar-refractivity contribution in [1.82, 2.24) is 9.21 Å². The summed E-state index contributed by atoms with van der Waals surface area (Å²) in [4.78, 5) is 14.2. The van der Waals surface area contributed by atoms with Gasteiger partial charge < -0.3 is 4.90 Å². The van der Waals surface area contributed by atoms with Gasteiger partial charge in [-0.25, -0.2) is 8.42 Å². The lowest BCUT2D eigenvalue weighted by Gasteiger charge is -2.32. The standard InChI is InChI=1S/C19H21F3N2O3S2/c1-23(13-14-4-6-16(7-5-14)19(20,21)22)18(25)15-8-10-24(11-9-15)29(26,27)17-3-2-12-28-17/h2-7,12,15H,8-11,13H2,1H3. The molecule has 1 fully saturated rings. The predicted octanol–water partition coefficient (Wildman–Crippen LogP) is 3.83. The summed E-state index contributed by atoms with van der Waals surface area (Å²) in [6.45, 7) is 0.736. The van der Waals surface area contributed by atoms with Gasteiger partial charge in [0.15, 0.2) is 0 Å². The maximum atomic E-state index is 12.7. The average molecular weight is 447 g/mol. The van der Waals surface area contributed by atoms with E-state index in [1.807, 2.05) is 0 Å². The van der Waals surface area contributed by atoms with E-state index in [4.69, 9.17) is 0 Å². The highest BCUT2D eigenvalue weighted by Gasteiger charge is 2.34. The molecule has 1 aromatic heterocycles. The molecular formula is C19H21F3N2O3S2. The molecule has 2 aromatic rings. The SMILES string of the molecule is CN(Cc1ccc(C(F)(F)F)cc1)C(=O)C1CCN(S(=O)(=O)c2cccs2)CC1. The molecular weight excluding hydrogens is 425 g/mol. The molecule has 0 N–H and O–H groups in total. The van der Waals surface area contributed by atoms with Gasteiger partial charge in [0.25, 0.3) is 10.0 Å². The first-order valence-corrected chi connectivity index (χ1v) is 11.4. The van der Waals surface area contributed by atoms with Crippen molar-refractivity contribution in [2.75, 3.05) is 20.1 Å². The van der Waals surface area contributed by atoms with Gasteiger partial charge in [-0.2, -0.15) is 17.5 Å². The van der Waals surface area contributed by atoms with Crippen molar-refractivity contribution in [2.45, 2.75) is 29.8 Å². The molecule has 0 spiro atoms. The molecule has 0 saturated carbocycles. The summed E-state index contributed by atoms with van der Waals surface area (Å²) in [5.74, 6) is -0.428. The highest BCUT2D eigenvalue weighted by atomic mass is 32.2. The number of piperidine rings is 1. The molecule has 0 bridgehead atoms. The summed E-state index contributed by atoms with van der Waals surface area (Å²) in [7, 11) is -1.91. The number of hydrogen-bond acceptors (Lipinski definition) is 4. The summed E-state index contributed by atoms with van der Waals surface area (Å²) < 4.78 is 64.8. The predicted molar refractivity (Wildman–Crippen MR) is 104 cm³/mol. The van der Waals surface area contributed by atoms with Crippen LogP contribution in [0.2, 0.25) is 0 Å². The molecule has 2 heterocycles. The fraction of sp³-hybridized carbons (Fsp3) is 0.421. The zero-order valence-corrected chi connectivity index (χ0v) is 17.4. The van der Waals surface area contributed by atoms with Gasteiger partial charge in [0.1, 0.15) is 4.21 Å². The lowest BCUT2D eigenvalue weighted by Crippen LogP contribution is -2.43. The van der Waals surface area contributed by atoms with Crippen LogP contribution >= 0.6 is 11.3 Å². The highest BCUT2D eigenvalue weighted by molar-refractivity contribution is 7.91. The Hall–Kier alpha value is -1.91. The van der Waals surface area contributed by atoms with E-state index in [1.54, 1.807) is 24.6 Å². The van der Waals surface area contributed by atoms with Crippen molar-refractivity contribution < 1.29 is 26.4 Å². The van der Waals surface area contributed by atoms with Crippen LogP contribution in [-0.4, -0.2) is 43.7 Å². The normalized spacial score (nSPS) is 16.7. The van der Waals surface area contributed by atoms with Gasteiger partial charge in [-0.15, -0.1) is 11.3 Å². The number of nitrogens with zero attached hydrogens (tertiary/aromatic N) is 2. The third-order valence-electron chi connectivity index (χ3n) is 4.97. The first-order chi connectivity index (χ1) is 13.6. The molecule has 1 saturated heterocycles. The van der Waals surface area contributed by atoms with E-state index in [1.165, 1.54) is 21.3 Å². The van der Waals surface area contributed by atoms with Gasteiger partial charge in [-0.05, 0) is 42.0 Å². The number of thiophene rings is 1. The molecule has 0 radical (unpaired) electrons. The van der Waals surface area contributed by atoms with E-state index in [2.05, 4.69) is 0 Å². The van der Waals surface area contributed by atoms with Gasteiger partial charge in [0.05, 0.1) is 5.56 Å². The van der Waals surface area contributed by atoms with Crippen LogP contribution in [0.25, 0.3) is 0 Å². The number of sulfonamides is 1. The molecule has 1 aliphatic heterocycles. The van der Waals surface area contributed by atoms with Crippen molar-refractivity contribution in [3.05, 3.63) is 52.9 Å². The van der Waals surface area contributed by atoms with Crippen LogP contribution in [0.4, 0.5) is 13.2 Å². The van der Waals surface area contributed by atoms with Crippen LogP contribution in [0.1, 0.15) is 24.0 Å². The minimum absolute atomic E-state index is 0.127. The molecule has 10 heteroatoms. The number of carbonyl (C=O) groups excluding carboxylic acids is 1. The topological polar surface area (TPSA) is 57.7 Å². The monoisotopic (exact) mass is 446 g/mol. The lowest BCUT2D eigenvalue weighted by molar-refractivity contribution is -0.138. The molecule has 1 aliphatic rings. The molecule has 0 unspecified atom stereocenters. The number of alkyl halides is 3. The zero-order valence-electron chi connectivity index (χ0n) is 15.7. The Morgan fingerprint density at radius 2 is 1.79 bits per heavy atom. The number of rotatable bonds is 5. The fourth-order valence-electron chi connectivity index (χ4n) is 3.34. The van der Waals surface area contributed by atoms with Crippen LogP contribution in [0.3, 0.4) is 0 Å². The van der Waals surface area contributed by atoms with Crippen molar-refractivity contribution in [1.29, 1.82) is 0 Å². The molecule has 0 aliphatic carbocycles. The Morgan fingerprint density at radius 3 is 2.31 bits per heavy atom. The second-order valence-electron chi connectivity index (χ2n) is 7.00. The number of hydrogen-bond donors (Lipinski definition) is 0. The zero-order chi connectivity index (χ0) is 21.2. The van der Waals surface area contributed by atoms with Crippen molar-refractivity contribution >= 4 is 27.3 Å². The number of halogens is 3. The minimum Gasteiger partial charge on any atom is -0.341 e. The summed E-state index contributed by atoms with van der Waals surface area (Å²) in [6.07, 6.45) is -3.56. The first-order valence-electron chi connectivity index (χ1n) is 9.04. The molecule has 0 atom stereocenters. The number of amides is 1. The summed E-state index contributed by atoms with van der Waals surface area (Å²) in [5, 5.41) is 1.71. The van der Waals surface area contributed by atoms with E-state index in [0.717, 1.165) is 23.5 Å². The van der Waals surface area contributed by atoms with Gasteiger partial charge in [-0.1, -0.05) is 18.2 Å². The highest BCUT2D eigenvalue weighted by Crippen LogP contribution is 2.30. The van der Waals surface area contributed by atoms with E-state index >= 15 is 0 Å². The number of carbonyl (C=O) groups is 1. The second kappa shape index (κ2) is 8.45. The summed E-state index contributed by atoms with van der Waals surface area (Å²) >= 11 is 1.16. The molecule has 29 heavy (non-hydrogen) atoms. The molecule has 158 valence electrons. The minimum atomic E-state index is -4.39. The summed E-state index contributed by atoms with van der Waals surface area (Å²) in [5.41, 5.74) is -0.124. The van der Waals surface area contributed by atoms with E-state index in [0.29, 0.717) is 22.6 Å². The van der Waals surface area contributed by atoms with Crippen LogP contribution in [0.15, 0.2) is 46.0 Å². The largest absolute Gasteiger partial charge is 0.416 e. The molecule has 1 aromatic carbocycles.